The van der Waals surface area contributed by atoms with Crippen molar-refractivity contribution in [2.24, 2.45) is 11.8 Å². The number of nitrogens with one attached hydrogen (secondary N) is 1. The van der Waals surface area contributed by atoms with Crippen molar-refractivity contribution in [3.63, 3.8) is 0 Å². The Morgan fingerprint density at radius 1 is 1.06 bits per heavy atom. The van der Waals surface area contributed by atoms with Crippen LogP contribution in [0.25, 0.3) is 0 Å². The molecule has 0 aromatic heterocycles. The Bertz CT molecular complexity index is 213. The highest BCUT2D eigenvalue weighted by molar-refractivity contribution is 4.92. The predicted molar refractivity (Wildman–Crippen MR) is 74.3 cm³/mol. The van der Waals surface area contributed by atoms with Gasteiger partial charge in [0.1, 0.15) is 0 Å². The van der Waals surface area contributed by atoms with Crippen LogP contribution in [0, 0.1) is 11.8 Å². The van der Waals surface area contributed by atoms with Crippen molar-refractivity contribution in [2.45, 2.75) is 58.4 Å². The van der Waals surface area contributed by atoms with Crippen LogP contribution in [0.2, 0.25) is 0 Å². The minimum absolute atomic E-state index is 0.903. The average molecular weight is 238 g/mol. The SMILES string of the molecule is CCCNCC1CCC1N(CCC)CC1CC1. The second kappa shape index (κ2) is 6.75. The molecule has 1 N–H and O–H groups in total. The van der Waals surface area contributed by atoms with Crippen LogP contribution in [0.1, 0.15) is 52.4 Å². The molecule has 2 heteroatoms. The van der Waals surface area contributed by atoms with Gasteiger partial charge in [0.25, 0.3) is 0 Å². The third kappa shape index (κ3) is 3.96. The lowest BCUT2D eigenvalue weighted by molar-refractivity contribution is 0.0578. The number of nitrogens with zero attached hydrogens (tertiary/aromatic N) is 1. The Balaban J connectivity index is 1.72. The fourth-order valence-corrected chi connectivity index (χ4v) is 3.05. The topological polar surface area (TPSA) is 15.3 Å². The molecule has 2 unspecified atom stereocenters. The van der Waals surface area contributed by atoms with Gasteiger partial charge in [0, 0.05) is 12.6 Å². The fourth-order valence-electron chi connectivity index (χ4n) is 3.05. The van der Waals surface area contributed by atoms with Crippen molar-refractivity contribution in [3.8, 4) is 0 Å². The highest BCUT2D eigenvalue weighted by atomic mass is 15.2. The van der Waals surface area contributed by atoms with Gasteiger partial charge in [-0.15, -0.1) is 0 Å². The lowest BCUT2D eigenvalue weighted by Crippen LogP contribution is -2.51. The molecule has 0 bridgehead atoms. The van der Waals surface area contributed by atoms with E-state index >= 15 is 0 Å². The minimum atomic E-state index is 0.903. The molecule has 2 atom stereocenters. The third-order valence-electron chi connectivity index (χ3n) is 4.38. The Labute approximate surface area is 107 Å². The molecule has 17 heavy (non-hydrogen) atoms. The molecule has 2 aliphatic rings. The third-order valence-corrected chi connectivity index (χ3v) is 4.38. The van der Waals surface area contributed by atoms with E-state index in [1.165, 1.54) is 64.7 Å². The summed E-state index contributed by atoms with van der Waals surface area (Å²) in [5.74, 6) is 1.98. The van der Waals surface area contributed by atoms with Gasteiger partial charge in [-0.25, -0.2) is 0 Å². The maximum absolute atomic E-state index is 3.61. The summed E-state index contributed by atoms with van der Waals surface area (Å²) in [6.45, 7) is 9.74. The van der Waals surface area contributed by atoms with E-state index in [9.17, 15) is 0 Å². The molecule has 0 amide bonds. The molecule has 2 rings (SSSR count). The van der Waals surface area contributed by atoms with E-state index in [-0.39, 0.29) is 0 Å². The summed E-state index contributed by atoms with van der Waals surface area (Å²) < 4.78 is 0. The lowest BCUT2D eigenvalue weighted by atomic mass is 9.78. The molecular formula is C15H30N2. The van der Waals surface area contributed by atoms with Gasteiger partial charge in [-0.3, -0.25) is 4.90 Å². The Morgan fingerprint density at radius 3 is 2.41 bits per heavy atom. The normalized spacial score (nSPS) is 28.4. The van der Waals surface area contributed by atoms with Crippen molar-refractivity contribution in [2.75, 3.05) is 26.2 Å². The van der Waals surface area contributed by atoms with Crippen LogP contribution in [0.5, 0.6) is 0 Å². The average Bonchev–Trinajstić information content (AvgIpc) is 3.07. The molecule has 0 radical (unpaired) electrons. The highest BCUT2D eigenvalue weighted by Crippen LogP contribution is 2.36. The first-order valence-electron chi connectivity index (χ1n) is 7.79. The van der Waals surface area contributed by atoms with Crippen molar-refractivity contribution in [1.29, 1.82) is 0 Å². The van der Waals surface area contributed by atoms with Crippen LogP contribution < -0.4 is 5.32 Å². The molecular weight excluding hydrogens is 208 g/mol. The first-order valence-corrected chi connectivity index (χ1v) is 7.79. The molecule has 0 aromatic carbocycles. The predicted octanol–water partition coefficient (Wildman–Crippen LogP) is 2.89. The Kier molecular flexibility index (Phi) is 5.30. The van der Waals surface area contributed by atoms with Crippen molar-refractivity contribution >= 4 is 0 Å². The molecule has 2 aliphatic carbocycles. The number of hydrogen-bond acceptors (Lipinski definition) is 2. The molecule has 2 fully saturated rings. The van der Waals surface area contributed by atoms with Crippen LogP contribution in [0.4, 0.5) is 0 Å². The maximum atomic E-state index is 3.61. The summed E-state index contributed by atoms with van der Waals surface area (Å²) in [5, 5.41) is 3.61. The van der Waals surface area contributed by atoms with E-state index < -0.39 is 0 Å². The van der Waals surface area contributed by atoms with Crippen LogP contribution in [0.3, 0.4) is 0 Å². The van der Waals surface area contributed by atoms with E-state index in [2.05, 4.69) is 24.1 Å². The highest BCUT2D eigenvalue weighted by Gasteiger charge is 2.36. The second-order valence-corrected chi connectivity index (χ2v) is 6.05. The van der Waals surface area contributed by atoms with Crippen LogP contribution in [-0.2, 0) is 0 Å². The summed E-state index contributed by atoms with van der Waals surface area (Å²) in [6.07, 6.45) is 8.46. The van der Waals surface area contributed by atoms with Gasteiger partial charge in [-0.05, 0) is 70.0 Å². The van der Waals surface area contributed by atoms with Crippen molar-refractivity contribution < 1.29 is 0 Å². The van der Waals surface area contributed by atoms with Gasteiger partial charge in [0.05, 0.1) is 0 Å². The largest absolute Gasteiger partial charge is 0.316 e. The molecule has 100 valence electrons. The van der Waals surface area contributed by atoms with E-state index in [1.54, 1.807) is 0 Å². The summed E-state index contributed by atoms with van der Waals surface area (Å²) in [6, 6.07) is 0.903. The molecule has 0 saturated heterocycles. The Hall–Kier alpha value is -0.0800. The quantitative estimate of drug-likeness (QED) is 0.621. The molecule has 2 nitrogen and oxygen atoms in total. The molecule has 0 aromatic rings. The van der Waals surface area contributed by atoms with Gasteiger partial charge < -0.3 is 5.32 Å². The smallest absolute Gasteiger partial charge is 0.0136 e. The first-order chi connectivity index (χ1) is 8.35. The van der Waals surface area contributed by atoms with Crippen LogP contribution in [0.15, 0.2) is 0 Å². The van der Waals surface area contributed by atoms with E-state index in [4.69, 9.17) is 0 Å². The number of rotatable bonds is 9. The second-order valence-electron chi connectivity index (χ2n) is 6.05. The van der Waals surface area contributed by atoms with Gasteiger partial charge in [-0.1, -0.05) is 13.8 Å². The van der Waals surface area contributed by atoms with Crippen molar-refractivity contribution in [1.82, 2.24) is 10.2 Å². The standard InChI is InChI=1S/C15H30N2/c1-3-9-16-11-14-7-8-15(14)17(10-4-2)12-13-5-6-13/h13-16H,3-12H2,1-2H3. The monoisotopic (exact) mass is 238 g/mol. The maximum Gasteiger partial charge on any atom is 0.0136 e. The first kappa shape index (κ1) is 13.4. The van der Waals surface area contributed by atoms with Crippen molar-refractivity contribution in [3.05, 3.63) is 0 Å². The Morgan fingerprint density at radius 2 is 1.88 bits per heavy atom. The molecule has 2 saturated carbocycles. The van der Waals surface area contributed by atoms with Gasteiger partial charge >= 0.3 is 0 Å². The summed E-state index contributed by atoms with van der Waals surface area (Å²) in [4.78, 5) is 2.81. The van der Waals surface area contributed by atoms with E-state index in [0.29, 0.717) is 0 Å². The minimum Gasteiger partial charge on any atom is -0.316 e. The summed E-state index contributed by atoms with van der Waals surface area (Å²) in [5.41, 5.74) is 0. The lowest BCUT2D eigenvalue weighted by Gasteiger charge is -2.45. The zero-order valence-electron chi connectivity index (χ0n) is 11.8. The fraction of sp³-hybridized carbons (Fsp3) is 1.00. The van der Waals surface area contributed by atoms with Gasteiger partial charge in [-0.2, -0.15) is 0 Å². The van der Waals surface area contributed by atoms with Gasteiger partial charge in [0.15, 0.2) is 0 Å². The summed E-state index contributed by atoms with van der Waals surface area (Å²) in [7, 11) is 0. The van der Waals surface area contributed by atoms with E-state index in [1.807, 2.05) is 0 Å². The van der Waals surface area contributed by atoms with Crippen LogP contribution in [-0.4, -0.2) is 37.1 Å². The van der Waals surface area contributed by atoms with Gasteiger partial charge in [0.2, 0.25) is 0 Å². The zero-order chi connectivity index (χ0) is 12.1. The molecule has 0 heterocycles. The summed E-state index contributed by atoms with van der Waals surface area (Å²) >= 11 is 0. The van der Waals surface area contributed by atoms with Crippen LogP contribution >= 0.6 is 0 Å². The molecule has 0 aliphatic heterocycles. The molecule has 0 spiro atoms. The zero-order valence-corrected chi connectivity index (χ0v) is 11.8. The number of hydrogen-bond donors (Lipinski definition) is 1. The van der Waals surface area contributed by atoms with E-state index in [0.717, 1.165) is 17.9 Å².